The molecule has 2 rings (SSSR count). The van der Waals surface area contributed by atoms with E-state index in [-0.39, 0.29) is 11.3 Å². The molecule has 0 saturated carbocycles. The van der Waals surface area contributed by atoms with Crippen LogP contribution in [-0.2, 0) is 4.74 Å². The van der Waals surface area contributed by atoms with Gasteiger partial charge >= 0.3 is 5.97 Å². The van der Waals surface area contributed by atoms with Gasteiger partial charge in [-0.2, -0.15) is 0 Å². The van der Waals surface area contributed by atoms with Gasteiger partial charge in [-0.3, -0.25) is 14.8 Å². The van der Waals surface area contributed by atoms with Crippen molar-refractivity contribution in [1.82, 2.24) is 9.97 Å². The Kier molecular flexibility index (Phi) is 4.27. The molecule has 0 aliphatic rings. The lowest BCUT2D eigenvalue weighted by Crippen LogP contribution is -2.07. The van der Waals surface area contributed by atoms with Crippen LogP contribution in [0.4, 0.5) is 0 Å². The zero-order valence-electron chi connectivity index (χ0n) is 11.9. The summed E-state index contributed by atoms with van der Waals surface area (Å²) in [6.45, 7) is 1.77. The number of pyridine rings is 2. The molecule has 6 heteroatoms. The van der Waals surface area contributed by atoms with Crippen LogP contribution in [0.2, 0.25) is 0 Å². The molecule has 0 radical (unpaired) electrons. The number of esters is 1. The van der Waals surface area contributed by atoms with Crippen LogP contribution in [0.5, 0.6) is 5.75 Å². The summed E-state index contributed by atoms with van der Waals surface area (Å²) in [5.74, 6) is -0.0683. The van der Waals surface area contributed by atoms with Crippen molar-refractivity contribution in [2.24, 2.45) is 0 Å². The van der Waals surface area contributed by atoms with E-state index in [1.165, 1.54) is 26.6 Å². The van der Waals surface area contributed by atoms with Gasteiger partial charge in [0.25, 0.3) is 0 Å². The number of aromatic nitrogens is 2. The Morgan fingerprint density at radius 2 is 2.05 bits per heavy atom. The third-order valence-electron chi connectivity index (χ3n) is 3.01. The summed E-state index contributed by atoms with van der Waals surface area (Å²) in [5, 5.41) is 0. The van der Waals surface area contributed by atoms with Gasteiger partial charge in [-0.25, -0.2) is 4.79 Å². The number of carbonyl (C=O) groups is 2. The molecule has 0 unspecified atom stereocenters. The van der Waals surface area contributed by atoms with E-state index >= 15 is 0 Å². The molecule has 0 aliphatic carbocycles. The van der Waals surface area contributed by atoms with Crippen LogP contribution in [0.25, 0.3) is 11.1 Å². The molecule has 0 fully saturated rings. The van der Waals surface area contributed by atoms with Crippen LogP contribution in [0.3, 0.4) is 0 Å². The van der Waals surface area contributed by atoms with Crippen molar-refractivity contribution in [3.05, 3.63) is 41.5 Å². The molecule has 6 nitrogen and oxygen atoms in total. The van der Waals surface area contributed by atoms with E-state index in [9.17, 15) is 9.59 Å². The van der Waals surface area contributed by atoms with Crippen molar-refractivity contribution < 1.29 is 19.1 Å². The summed E-state index contributed by atoms with van der Waals surface area (Å²) in [4.78, 5) is 30.9. The topological polar surface area (TPSA) is 78.4 Å². The van der Waals surface area contributed by atoms with Gasteiger partial charge in [-0.15, -0.1) is 0 Å². The maximum absolute atomic E-state index is 11.9. The smallest absolute Gasteiger partial charge is 0.340 e. The number of nitrogens with zero attached hydrogens (tertiary/aromatic N) is 2. The second kappa shape index (κ2) is 6.13. The molecule has 0 atom stereocenters. The van der Waals surface area contributed by atoms with Gasteiger partial charge in [0.1, 0.15) is 11.4 Å². The maximum atomic E-state index is 11.9. The van der Waals surface area contributed by atoms with E-state index in [0.717, 1.165) is 0 Å². The largest absolute Gasteiger partial charge is 0.494 e. The van der Waals surface area contributed by atoms with Gasteiger partial charge in [0.05, 0.1) is 25.5 Å². The summed E-state index contributed by atoms with van der Waals surface area (Å²) in [6, 6.07) is 3.27. The van der Waals surface area contributed by atoms with Crippen LogP contribution < -0.4 is 4.74 Å². The molecule has 0 bridgehead atoms. The summed E-state index contributed by atoms with van der Waals surface area (Å²) >= 11 is 0. The molecule has 0 aromatic carbocycles. The monoisotopic (exact) mass is 286 g/mol. The Labute approximate surface area is 121 Å². The maximum Gasteiger partial charge on any atom is 0.340 e. The molecule has 2 aromatic heterocycles. The highest BCUT2D eigenvalue weighted by Crippen LogP contribution is 2.35. The van der Waals surface area contributed by atoms with E-state index in [1.807, 2.05) is 0 Å². The third-order valence-corrected chi connectivity index (χ3v) is 3.01. The lowest BCUT2D eigenvalue weighted by Gasteiger charge is -2.14. The number of ether oxygens (including phenoxy) is 2. The number of methoxy groups -OCH3 is 2. The first kappa shape index (κ1) is 14.6. The molecule has 0 aliphatic heterocycles. The summed E-state index contributed by atoms with van der Waals surface area (Å²) in [5.41, 5.74) is 2.32. The second-order valence-corrected chi connectivity index (χ2v) is 4.24. The molecular weight excluding hydrogens is 272 g/mol. The molecule has 2 heterocycles. The van der Waals surface area contributed by atoms with Crippen molar-refractivity contribution in [3.8, 4) is 16.9 Å². The highest BCUT2D eigenvalue weighted by Gasteiger charge is 2.21. The number of hydrogen-bond donors (Lipinski definition) is 0. The van der Waals surface area contributed by atoms with Gasteiger partial charge in [-0.05, 0) is 24.6 Å². The van der Waals surface area contributed by atoms with E-state index in [4.69, 9.17) is 9.47 Å². The van der Waals surface area contributed by atoms with Crippen LogP contribution in [-0.4, -0.2) is 36.4 Å². The Hall–Kier alpha value is -2.76. The highest BCUT2D eigenvalue weighted by molar-refractivity contribution is 5.99. The Bertz CT molecular complexity index is 698. The fraction of sp³-hybridized carbons (Fsp3) is 0.200. The van der Waals surface area contributed by atoms with Crippen LogP contribution >= 0.6 is 0 Å². The molecule has 0 amide bonds. The number of rotatable bonds is 4. The van der Waals surface area contributed by atoms with E-state index in [0.29, 0.717) is 28.9 Å². The number of aryl methyl sites for hydroxylation is 1. The fourth-order valence-corrected chi connectivity index (χ4v) is 2.06. The van der Waals surface area contributed by atoms with Crippen molar-refractivity contribution in [2.45, 2.75) is 6.92 Å². The standard InChI is InChI=1S/C15H14N2O4/c1-9-14(20-2)13(12(7-17-9)15(19)21-3)10-4-5-16-11(6-10)8-18/h4-8H,1-3H3. The minimum absolute atomic E-state index is 0.264. The molecule has 0 spiro atoms. The van der Waals surface area contributed by atoms with E-state index in [2.05, 4.69) is 9.97 Å². The molecule has 108 valence electrons. The molecule has 0 saturated heterocycles. The normalized spacial score (nSPS) is 10.0. The zero-order valence-corrected chi connectivity index (χ0v) is 11.9. The number of aldehydes is 1. The third kappa shape index (κ3) is 2.74. The first-order chi connectivity index (χ1) is 10.1. The summed E-state index contributed by atoms with van der Waals surface area (Å²) in [6.07, 6.45) is 3.57. The predicted octanol–water partition coefficient (Wildman–Crippen LogP) is 2.06. The van der Waals surface area contributed by atoms with Crippen molar-refractivity contribution >= 4 is 12.3 Å². The van der Waals surface area contributed by atoms with E-state index in [1.54, 1.807) is 19.1 Å². The van der Waals surface area contributed by atoms with Crippen molar-refractivity contribution in [1.29, 1.82) is 0 Å². The van der Waals surface area contributed by atoms with Gasteiger partial charge < -0.3 is 9.47 Å². The average Bonchev–Trinajstić information content (AvgIpc) is 2.53. The van der Waals surface area contributed by atoms with Crippen LogP contribution in [0.15, 0.2) is 24.5 Å². The molecule has 0 N–H and O–H groups in total. The number of hydrogen-bond acceptors (Lipinski definition) is 6. The Balaban J connectivity index is 2.77. The van der Waals surface area contributed by atoms with Crippen LogP contribution in [0.1, 0.15) is 26.5 Å². The first-order valence-corrected chi connectivity index (χ1v) is 6.15. The summed E-state index contributed by atoms with van der Waals surface area (Å²) in [7, 11) is 2.79. The van der Waals surface area contributed by atoms with Gasteiger partial charge in [0.2, 0.25) is 0 Å². The second-order valence-electron chi connectivity index (χ2n) is 4.24. The van der Waals surface area contributed by atoms with Crippen molar-refractivity contribution in [2.75, 3.05) is 14.2 Å². The molecular formula is C15H14N2O4. The van der Waals surface area contributed by atoms with Gasteiger partial charge in [0, 0.05) is 18.0 Å². The van der Waals surface area contributed by atoms with Gasteiger partial charge in [-0.1, -0.05) is 0 Å². The highest BCUT2D eigenvalue weighted by atomic mass is 16.5. The minimum Gasteiger partial charge on any atom is -0.494 e. The van der Waals surface area contributed by atoms with Crippen LogP contribution in [0, 0.1) is 6.92 Å². The Morgan fingerprint density at radius 3 is 2.67 bits per heavy atom. The zero-order chi connectivity index (χ0) is 15.4. The molecule has 21 heavy (non-hydrogen) atoms. The number of carbonyl (C=O) groups excluding carboxylic acids is 2. The lowest BCUT2D eigenvalue weighted by atomic mass is 9.99. The van der Waals surface area contributed by atoms with E-state index < -0.39 is 5.97 Å². The SMILES string of the molecule is COC(=O)c1cnc(C)c(OC)c1-c1ccnc(C=O)c1. The lowest BCUT2D eigenvalue weighted by molar-refractivity contribution is 0.0600. The fourth-order valence-electron chi connectivity index (χ4n) is 2.06. The minimum atomic E-state index is -0.528. The predicted molar refractivity (Wildman–Crippen MR) is 75.5 cm³/mol. The first-order valence-electron chi connectivity index (χ1n) is 6.15. The quantitative estimate of drug-likeness (QED) is 0.632. The van der Waals surface area contributed by atoms with Gasteiger partial charge in [0.15, 0.2) is 6.29 Å². The Morgan fingerprint density at radius 1 is 1.29 bits per heavy atom. The molecule has 2 aromatic rings. The van der Waals surface area contributed by atoms with Crippen molar-refractivity contribution in [3.63, 3.8) is 0 Å². The average molecular weight is 286 g/mol. The summed E-state index contributed by atoms with van der Waals surface area (Å²) < 4.78 is 10.1.